The number of fused-ring (bicyclic) bond motifs is 9. The van der Waals surface area contributed by atoms with Crippen molar-refractivity contribution in [3.05, 3.63) is 176 Å². The maximum atomic E-state index is 9.57. The van der Waals surface area contributed by atoms with Crippen molar-refractivity contribution in [2.75, 3.05) is 0 Å². The van der Waals surface area contributed by atoms with Gasteiger partial charge in [-0.15, -0.1) is 0 Å². The normalized spacial score (nSPS) is 11.8. The van der Waals surface area contributed by atoms with E-state index in [1.54, 1.807) is 12.4 Å². The van der Waals surface area contributed by atoms with Crippen molar-refractivity contribution in [1.82, 2.24) is 23.7 Å². The second-order valence-electron chi connectivity index (χ2n) is 13.4. The Labute approximate surface area is 303 Å². The van der Waals surface area contributed by atoms with E-state index in [9.17, 15) is 5.26 Å². The maximum absolute atomic E-state index is 9.57. The van der Waals surface area contributed by atoms with Crippen LogP contribution in [0.15, 0.2) is 170 Å². The molecule has 0 saturated carbocycles. The molecule has 0 radical (unpaired) electrons. The van der Waals surface area contributed by atoms with Crippen LogP contribution in [0.2, 0.25) is 0 Å². The molecule has 0 aliphatic rings. The lowest BCUT2D eigenvalue weighted by Crippen LogP contribution is -2.10. The standard InChI is InChI=1S/C47H28N6/c48-27-46-49-28-31(29-50-46)30-25-44(51-38-19-7-1-13-32(38)33-14-2-8-20-39(33)51)47(53-42-23-11-5-17-36(42)37-18-6-12-24-43(37)53)45(26-30)52-40-21-9-3-15-34(40)35-16-4-10-22-41(35)52/h1-26,28-29H. The van der Waals surface area contributed by atoms with E-state index in [0.29, 0.717) is 0 Å². The van der Waals surface area contributed by atoms with Crippen LogP contribution in [0.4, 0.5) is 0 Å². The van der Waals surface area contributed by atoms with Crippen molar-refractivity contribution in [2.45, 2.75) is 0 Å². The van der Waals surface area contributed by atoms with E-state index < -0.39 is 0 Å². The van der Waals surface area contributed by atoms with Gasteiger partial charge < -0.3 is 13.7 Å². The maximum Gasteiger partial charge on any atom is 0.232 e. The van der Waals surface area contributed by atoms with Gasteiger partial charge in [-0.2, -0.15) is 5.26 Å². The van der Waals surface area contributed by atoms with Crippen LogP contribution >= 0.6 is 0 Å². The molecule has 11 rings (SSSR count). The Morgan fingerprint density at radius 2 is 0.679 bits per heavy atom. The first kappa shape index (κ1) is 29.3. The average Bonchev–Trinajstić information content (AvgIpc) is 3.86. The number of rotatable bonds is 4. The van der Waals surface area contributed by atoms with E-state index in [0.717, 1.165) is 61.3 Å². The molecule has 4 heterocycles. The molecule has 0 bridgehead atoms. The van der Waals surface area contributed by atoms with Crippen LogP contribution in [-0.2, 0) is 0 Å². The molecule has 6 heteroatoms. The summed E-state index contributed by atoms with van der Waals surface area (Å²) in [6.07, 6.45) is 3.51. The smallest absolute Gasteiger partial charge is 0.232 e. The summed E-state index contributed by atoms with van der Waals surface area (Å²) in [6.45, 7) is 0. The summed E-state index contributed by atoms with van der Waals surface area (Å²) in [5, 5.41) is 16.7. The number of para-hydroxylation sites is 6. The molecule has 7 aromatic carbocycles. The summed E-state index contributed by atoms with van der Waals surface area (Å²) >= 11 is 0. The number of aromatic nitrogens is 5. The second-order valence-corrected chi connectivity index (χ2v) is 13.4. The van der Waals surface area contributed by atoms with Gasteiger partial charge in [0, 0.05) is 50.3 Å². The zero-order chi connectivity index (χ0) is 35.0. The highest BCUT2D eigenvalue weighted by molar-refractivity contribution is 6.13. The summed E-state index contributed by atoms with van der Waals surface area (Å²) in [5.41, 5.74) is 11.5. The second kappa shape index (κ2) is 11.3. The summed E-state index contributed by atoms with van der Waals surface area (Å²) < 4.78 is 7.27. The van der Waals surface area contributed by atoms with Crippen LogP contribution in [0.3, 0.4) is 0 Å². The highest BCUT2D eigenvalue weighted by Gasteiger charge is 2.26. The predicted molar refractivity (Wildman–Crippen MR) is 215 cm³/mol. The van der Waals surface area contributed by atoms with E-state index in [2.05, 4.69) is 187 Å². The molecule has 6 nitrogen and oxygen atoms in total. The van der Waals surface area contributed by atoms with Crippen molar-refractivity contribution >= 4 is 65.4 Å². The van der Waals surface area contributed by atoms with Gasteiger partial charge in [-0.1, -0.05) is 109 Å². The summed E-state index contributed by atoms with van der Waals surface area (Å²) in [5.74, 6) is 0.140. The van der Waals surface area contributed by atoms with Crippen LogP contribution in [-0.4, -0.2) is 23.7 Å². The fourth-order valence-corrected chi connectivity index (χ4v) is 8.40. The summed E-state index contributed by atoms with van der Waals surface area (Å²) in [7, 11) is 0. The van der Waals surface area contributed by atoms with Crippen molar-refractivity contribution < 1.29 is 0 Å². The SMILES string of the molecule is N#Cc1ncc(-c2cc(-n3c4ccccc4c4ccccc43)c(-n3c4ccccc4c4ccccc43)c(-n3c4ccccc4c4ccccc43)c2)cn1. The molecule has 0 aliphatic heterocycles. The van der Waals surface area contributed by atoms with Gasteiger partial charge in [-0.05, 0) is 54.1 Å². The van der Waals surface area contributed by atoms with Crippen LogP contribution in [0, 0.1) is 11.3 Å². The van der Waals surface area contributed by atoms with Crippen LogP contribution < -0.4 is 0 Å². The van der Waals surface area contributed by atoms with Gasteiger partial charge in [0.2, 0.25) is 5.82 Å². The van der Waals surface area contributed by atoms with E-state index in [1.807, 2.05) is 0 Å². The third-order valence-corrected chi connectivity index (χ3v) is 10.6. The van der Waals surface area contributed by atoms with Gasteiger partial charge >= 0.3 is 0 Å². The Kier molecular flexibility index (Phi) is 6.22. The molecule has 0 amide bonds. The zero-order valence-electron chi connectivity index (χ0n) is 28.3. The Balaban J connectivity index is 1.42. The third-order valence-electron chi connectivity index (χ3n) is 10.6. The molecule has 4 aromatic heterocycles. The molecular weight excluding hydrogens is 649 g/mol. The molecule has 246 valence electrons. The molecule has 0 spiro atoms. The number of nitrogens with zero attached hydrogens (tertiary/aromatic N) is 6. The quantitative estimate of drug-likeness (QED) is 0.186. The van der Waals surface area contributed by atoms with E-state index >= 15 is 0 Å². The lowest BCUT2D eigenvalue weighted by Gasteiger charge is -2.23. The van der Waals surface area contributed by atoms with Crippen LogP contribution in [0.25, 0.3) is 93.6 Å². The van der Waals surface area contributed by atoms with E-state index in [4.69, 9.17) is 0 Å². The zero-order valence-corrected chi connectivity index (χ0v) is 28.3. The number of hydrogen-bond donors (Lipinski definition) is 0. The third kappa shape index (κ3) is 4.19. The van der Waals surface area contributed by atoms with Gasteiger partial charge in [0.25, 0.3) is 0 Å². The Hall–Kier alpha value is -7.49. The minimum absolute atomic E-state index is 0.140. The van der Waals surface area contributed by atoms with Crippen molar-refractivity contribution in [2.24, 2.45) is 0 Å². The van der Waals surface area contributed by atoms with Crippen molar-refractivity contribution in [3.63, 3.8) is 0 Å². The van der Waals surface area contributed by atoms with E-state index in [1.165, 1.54) is 32.3 Å². The Bertz CT molecular complexity index is 3000. The fraction of sp³-hybridized carbons (Fsp3) is 0. The molecule has 0 atom stereocenters. The summed E-state index contributed by atoms with van der Waals surface area (Å²) in [6, 6.07) is 58.6. The topological polar surface area (TPSA) is 64.4 Å². The lowest BCUT2D eigenvalue weighted by molar-refractivity contribution is 1.05. The highest BCUT2D eigenvalue weighted by Crippen LogP contribution is 2.44. The van der Waals surface area contributed by atoms with Crippen LogP contribution in [0.5, 0.6) is 0 Å². The molecule has 11 aromatic rings. The first-order chi connectivity index (χ1) is 26.3. The number of hydrogen-bond acceptors (Lipinski definition) is 3. The number of benzene rings is 7. The largest absolute Gasteiger partial charge is 0.307 e. The van der Waals surface area contributed by atoms with Gasteiger partial charge in [-0.3, -0.25) is 0 Å². The molecule has 0 fully saturated rings. The van der Waals surface area contributed by atoms with Crippen molar-refractivity contribution in [3.8, 4) is 34.3 Å². The predicted octanol–water partition coefficient (Wildman–Crippen LogP) is 11.3. The number of nitriles is 1. The first-order valence-corrected chi connectivity index (χ1v) is 17.6. The molecule has 0 aliphatic carbocycles. The van der Waals surface area contributed by atoms with Crippen LogP contribution in [0.1, 0.15) is 5.82 Å². The average molecular weight is 677 g/mol. The lowest BCUT2D eigenvalue weighted by atomic mass is 10.0. The molecule has 0 unspecified atom stereocenters. The fourth-order valence-electron chi connectivity index (χ4n) is 8.40. The molecular formula is C47H28N6. The van der Waals surface area contributed by atoms with Gasteiger partial charge in [-0.25, -0.2) is 9.97 Å². The van der Waals surface area contributed by atoms with Gasteiger partial charge in [0.05, 0.1) is 50.2 Å². The monoisotopic (exact) mass is 676 g/mol. The molecule has 0 saturated heterocycles. The Morgan fingerprint density at radius 3 is 1.00 bits per heavy atom. The molecule has 53 heavy (non-hydrogen) atoms. The van der Waals surface area contributed by atoms with Gasteiger partial charge in [0.15, 0.2) is 0 Å². The van der Waals surface area contributed by atoms with Crippen molar-refractivity contribution in [1.29, 1.82) is 5.26 Å². The first-order valence-electron chi connectivity index (χ1n) is 17.6. The minimum atomic E-state index is 0.140. The van der Waals surface area contributed by atoms with Gasteiger partial charge in [0.1, 0.15) is 6.07 Å². The Morgan fingerprint density at radius 1 is 0.377 bits per heavy atom. The minimum Gasteiger partial charge on any atom is -0.307 e. The highest BCUT2D eigenvalue weighted by atomic mass is 15.1. The molecule has 0 N–H and O–H groups in total. The summed E-state index contributed by atoms with van der Waals surface area (Å²) in [4.78, 5) is 8.84. The van der Waals surface area contributed by atoms with E-state index in [-0.39, 0.29) is 5.82 Å².